The van der Waals surface area contributed by atoms with Gasteiger partial charge in [0, 0.05) is 12.1 Å². The van der Waals surface area contributed by atoms with Crippen molar-refractivity contribution in [3.8, 4) is 0 Å². The monoisotopic (exact) mass is 355 g/mol. The molecular formula is C21H22FNO3. The third-order valence-electron chi connectivity index (χ3n) is 5.05. The SMILES string of the molecule is O=C(C[C@H]1CC[C@H](c2cccc(C(=O)O)c2)CC1)Nc1ccc(F)cc1. The summed E-state index contributed by atoms with van der Waals surface area (Å²) in [6.07, 6.45) is 4.26. The number of carbonyl (C=O) groups excluding carboxylic acids is 1. The van der Waals surface area contributed by atoms with Gasteiger partial charge in [0.1, 0.15) is 5.82 Å². The van der Waals surface area contributed by atoms with Gasteiger partial charge in [-0.1, -0.05) is 12.1 Å². The minimum Gasteiger partial charge on any atom is -0.478 e. The first-order valence-electron chi connectivity index (χ1n) is 8.90. The third-order valence-corrected chi connectivity index (χ3v) is 5.05. The molecule has 0 radical (unpaired) electrons. The number of nitrogens with one attached hydrogen (secondary N) is 1. The first-order valence-corrected chi connectivity index (χ1v) is 8.90. The minimum absolute atomic E-state index is 0.0482. The Balaban J connectivity index is 1.50. The zero-order valence-corrected chi connectivity index (χ0v) is 14.5. The maximum absolute atomic E-state index is 12.9. The molecule has 0 unspecified atom stereocenters. The van der Waals surface area contributed by atoms with Gasteiger partial charge in [-0.15, -0.1) is 0 Å². The summed E-state index contributed by atoms with van der Waals surface area (Å²) >= 11 is 0. The summed E-state index contributed by atoms with van der Waals surface area (Å²) in [5.41, 5.74) is 2.00. The molecule has 0 saturated heterocycles. The van der Waals surface area contributed by atoms with E-state index in [1.165, 1.54) is 12.1 Å². The molecule has 1 amide bonds. The lowest BCUT2D eigenvalue weighted by atomic mass is 9.77. The van der Waals surface area contributed by atoms with Crippen molar-refractivity contribution in [2.75, 3.05) is 5.32 Å². The van der Waals surface area contributed by atoms with Crippen LogP contribution in [0.1, 0.15) is 53.9 Å². The number of rotatable bonds is 5. The largest absolute Gasteiger partial charge is 0.478 e. The Bertz CT molecular complexity index is 780. The first kappa shape index (κ1) is 18.1. The van der Waals surface area contributed by atoms with Crippen molar-refractivity contribution in [2.24, 2.45) is 5.92 Å². The van der Waals surface area contributed by atoms with Crippen LogP contribution in [0.5, 0.6) is 0 Å². The number of anilines is 1. The van der Waals surface area contributed by atoms with E-state index in [0.717, 1.165) is 31.2 Å². The lowest BCUT2D eigenvalue weighted by Crippen LogP contribution is -2.20. The standard InChI is InChI=1S/C21H22FNO3/c22-18-8-10-19(11-9-18)23-20(24)12-14-4-6-15(7-5-14)16-2-1-3-17(13-16)21(25)26/h1-3,8-11,13-15H,4-7,12H2,(H,23,24)(H,25,26)/t14-,15-. The highest BCUT2D eigenvalue weighted by Crippen LogP contribution is 2.37. The van der Waals surface area contributed by atoms with Gasteiger partial charge in [-0.3, -0.25) is 4.79 Å². The molecule has 2 aromatic rings. The molecule has 4 nitrogen and oxygen atoms in total. The fraction of sp³-hybridized carbons (Fsp3) is 0.333. The number of halogens is 1. The molecule has 0 aliphatic heterocycles. The summed E-state index contributed by atoms with van der Waals surface area (Å²) in [7, 11) is 0. The summed E-state index contributed by atoms with van der Waals surface area (Å²) in [6, 6.07) is 12.9. The van der Waals surface area contributed by atoms with Crippen LogP contribution in [-0.2, 0) is 4.79 Å². The van der Waals surface area contributed by atoms with Crippen molar-refractivity contribution in [2.45, 2.75) is 38.0 Å². The Kier molecular flexibility index (Phi) is 5.66. The van der Waals surface area contributed by atoms with E-state index in [2.05, 4.69) is 5.32 Å². The molecule has 1 aliphatic carbocycles. The average molecular weight is 355 g/mol. The van der Waals surface area contributed by atoms with Crippen LogP contribution < -0.4 is 5.32 Å². The lowest BCUT2D eigenvalue weighted by Gasteiger charge is -2.28. The predicted molar refractivity (Wildman–Crippen MR) is 97.7 cm³/mol. The van der Waals surface area contributed by atoms with Gasteiger partial charge in [0.2, 0.25) is 5.91 Å². The predicted octanol–water partition coefficient (Wildman–Crippen LogP) is 4.83. The van der Waals surface area contributed by atoms with Gasteiger partial charge in [-0.25, -0.2) is 9.18 Å². The van der Waals surface area contributed by atoms with Crippen molar-refractivity contribution >= 4 is 17.6 Å². The Morgan fingerprint density at radius 3 is 2.38 bits per heavy atom. The van der Waals surface area contributed by atoms with Crippen molar-refractivity contribution in [1.82, 2.24) is 0 Å². The summed E-state index contributed by atoms with van der Waals surface area (Å²) < 4.78 is 12.9. The molecule has 3 rings (SSSR count). The number of carboxylic acid groups (broad SMARTS) is 1. The Morgan fingerprint density at radius 2 is 1.73 bits per heavy atom. The molecule has 1 saturated carbocycles. The summed E-state index contributed by atoms with van der Waals surface area (Å²) in [6.45, 7) is 0. The molecule has 5 heteroatoms. The number of benzene rings is 2. The highest BCUT2D eigenvalue weighted by atomic mass is 19.1. The van der Waals surface area contributed by atoms with Gasteiger partial charge in [0.25, 0.3) is 0 Å². The number of amides is 1. The molecule has 136 valence electrons. The number of aromatic carboxylic acids is 1. The first-order chi connectivity index (χ1) is 12.5. The van der Waals surface area contributed by atoms with Gasteiger partial charge in [-0.2, -0.15) is 0 Å². The molecule has 1 aliphatic rings. The van der Waals surface area contributed by atoms with E-state index in [4.69, 9.17) is 5.11 Å². The van der Waals surface area contributed by atoms with Crippen LogP contribution in [0, 0.1) is 11.7 Å². The molecule has 0 spiro atoms. The van der Waals surface area contributed by atoms with Crippen molar-refractivity contribution in [3.63, 3.8) is 0 Å². The van der Waals surface area contributed by atoms with E-state index >= 15 is 0 Å². The summed E-state index contributed by atoms with van der Waals surface area (Å²) in [4.78, 5) is 23.3. The third kappa shape index (κ3) is 4.69. The Morgan fingerprint density at radius 1 is 1.04 bits per heavy atom. The smallest absolute Gasteiger partial charge is 0.335 e. The van der Waals surface area contributed by atoms with E-state index in [0.29, 0.717) is 29.5 Å². The van der Waals surface area contributed by atoms with Crippen LogP contribution in [0.2, 0.25) is 0 Å². The van der Waals surface area contributed by atoms with Gasteiger partial charge < -0.3 is 10.4 Å². The van der Waals surface area contributed by atoms with Crippen LogP contribution in [0.4, 0.5) is 10.1 Å². The molecule has 0 heterocycles. The topological polar surface area (TPSA) is 66.4 Å². The van der Waals surface area contributed by atoms with Gasteiger partial charge in [-0.05, 0) is 79.5 Å². The van der Waals surface area contributed by atoms with Crippen LogP contribution in [0.25, 0.3) is 0 Å². The number of hydrogen-bond acceptors (Lipinski definition) is 2. The molecular weight excluding hydrogens is 333 g/mol. The van der Waals surface area contributed by atoms with Crippen LogP contribution >= 0.6 is 0 Å². The normalized spacial score (nSPS) is 19.7. The molecule has 1 fully saturated rings. The number of carboxylic acids is 1. The fourth-order valence-corrected chi connectivity index (χ4v) is 3.63. The summed E-state index contributed by atoms with van der Waals surface area (Å²) in [5, 5.41) is 11.9. The van der Waals surface area contributed by atoms with Crippen LogP contribution in [-0.4, -0.2) is 17.0 Å². The van der Waals surface area contributed by atoms with Gasteiger partial charge in [0.05, 0.1) is 5.56 Å². The van der Waals surface area contributed by atoms with Crippen molar-refractivity contribution in [3.05, 3.63) is 65.5 Å². The number of hydrogen-bond donors (Lipinski definition) is 2. The highest BCUT2D eigenvalue weighted by Gasteiger charge is 2.24. The number of carbonyl (C=O) groups is 2. The van der Waals surface area contributed by atoms with Gasteiger partial charge in [0.15, 0.2) is 0 Å². The molecule has 2 N–H and O–H groups in total. The average Bonchev–Trinajstić information content (AvgIpc) is 2.64. The molecule has 0 aromatic heterocycles. The zero-order valence-electron chi connectivity index (χ0n) is 14.5. The quantitative estimate of drug-likeness (QED) is 0.807. The Hall–Kier alpha value is -2.69. The molecule has 26 heavy (non-hydrogen) atoms. The second-order valence-corrected chi connectivity index (χ2v) is 6.91. The highest BCUT2D eigenvalue weighted by molar-refractivity contribution is 5.90. The molecule has 0 atom stereocenters. The van der Waals surface area contributed by atoms with Gasteiger partial charge >= 0.3 is 5.97 Å². The Labute approximate surface area is 152 Å². The van der Waals surface area contributed by atoms with E-state index in [1.807, 2.05) is 6.07 Å². The maximum atomic E-state index is 12.9. The van der Waals surface area contributed by atoms with E-state index in [-0.39, 0.29) is 11.7 Å². The lowest BCUT2D eigenvalue weighted by molar-refractivity contribution is -0.117. The fourth-order valence-electron chi connectivity index (χ4n) is 3.63. The van der Waals surface area contributed by atoms with Crippen LogP contribution in [0.3, 0.4) is 0 Å². The van der Waals surface area contributed by atoms with E-state index in [1.54, 1.807) is 30.3 Å². The molecule has 0 bridgehead atoms. The summed E-state index contributed by atoms with van der Waals surface area (Å²) in [5.74, 6) is -0.598. The zero-order chi connectivity index (χ0) is 18.5. The second-order valence-electron chi connectivity index (χ2n) is 6.91. The molecule has 2 aromatic carbocycles. The second kappa shape index (κ2) is 8.13. The minimum atomic E-state index is -0.905. The van der Waals surface area contributed by atoms with E-state index < -0.39 is 5.97 Å². The van der Waals surface area contributed by atoms with Crippen LogP contribution in [0.15, 0.2) is 48.5 Å². The van der Waals surface area contributed by atoms with Crippen molar-refractivity contribution in [1.29, 1.82) is 0 Å². The maximum Gasteiger partial charge on any atom is 0.335 e. The van der Waals surface area contributed by atoms with E-state index in [9.17, 15) is 14.0 Å². The van der Waals surface area contributed by atoms with Crippen molar-refractivity contribution < 1.29 is 19.1 Å².